The van der Waals surface area contributed by atoms with Crippen molar-refractivity contribution in [1.82, 2.24) is 0 Å². The van der Waals surface area contributed by atoms with E-state index in [9.17, 15) is 4.79 Å². The molecule has 0 saturated heterocycles. The molecule has 0 aliphatic rings. The minimum absolute atomic E-state index is 0.421. The van der Waals surface area contributed by atoms with E-state index < -0.39 is 5.91 Å². The van der Waals surface area contributed by atoms with Gasteiger partial charge in [0, 0.05) is 19.2 Å². The summed E-state index contributed by atoms with van der Waals surface area (Å²) < 4.78 is 15.5. The third-order valence-corrected chi connectivity index (χ3v) is 2.44. The van der Waals surface area contributed by atoms with Crippen LogP contribution in [0.3, 0.4) is 0 Å². The maximum Gasteiger partial charge on any atom is 0.329 e. The first-order valence-corrected chi connectivity index (χ1v) is 5.06. The van der Waals surface area contributed by atoms with Crippen molar-refractivity contribution in [2.24, 2.45) is 0 Å². The minimum atomic E-state index is -0.677. The van der Waals surface area contributed by atoms with Gasteiger partial charge in [-0.2, -0.15) is 5.26 Å². The monoisotopic (exact) mass is 250 g/mol. The highest BCUT2D eigenvalue weighted by atomic mass is 16.5. The van der Waals surface area contributed by atoms with Gasteiger partial charge in [-0.1, -0.05) is 0 Å². The highest BCUT2D eigenvalue weighted by Crippen LogP contribution is 2.40. The van der Waals surface area contributed by atoms with Crippen LogP contribution in [0.4, 0.5) is 5.69 Å². The van der Waals surface area contributed by atoms with E-state index in [2.05, 4.69) is 0 Å². The molecule has 1 aromatic carbocycles. The van der Waals surface area contributed by atoms with Crippen LogP contribution in [0.5, 0.6) is 17.2 Å². The standard InChI is InChI=1S/C12H14N2O4/c1-14(11(15)7-13)8-5-9(16-2)12(18-4)10(6-8)17-3/h5-6H,1-4H3. The van der Waals surface area contributed by atoms with Gasteiger partial charge in [0.1, 0.15) is 0 Å². The van der Waals surface area contributed by atoms with Crippen LogP contribution >= 0.6 is 0 Å². The number of carbonyl (C=O) groups excluding carboxylic acids is 1. The number of benzene rings is 1. The zero-order valence-corrected chi connectivity index (χ0v) is 10.7. The first kappa shape index (κ1) is 13.6. The molecule has 18 heavy (non-hydrogen) atoms. The fourth-order valence-corrected chi connectivity index (χ4v) is 1.45. The smallest absolute Gasteiger partial charge is 0.329 e. The third-order valence-electron chi connectivity index (χ3n) is 2.44. The normalized spacial score (nSPS) is 9.28. The number of anilines is 1. The molecular weight excluding hydrogens is 236 g/mol. The molecule has 0 atom stereocenters. The SMILES string of the molecule is COc1cc(N(C)C(=O)C#N)cc(OC)c1OC. The number of amides is 1. The highest BCUT2D eigenvalue weighted by Gasteiger charge is 2.17. The molecule has 0 N–H and O–H groups in total. The maximum absolute atomic E-state index is 11.3. The molecule has 0 radical (unpaired) electrons. The van der Waals surface area contributed by atoms with Crippen LogP contribution in [0, 0.1) is 11.3 Å². The Morgan fingerprint density at radius 1 is 1.17 bits per heavy atom. The van der Waals surface area contributed by atoms with E-state index in [1.54, 1.807) is 18.2 Å². The van der Waals surface area contributed by atoms with Crippen molar-refractivity contribution in [3.8, 4) is 23.3 Å². The Bertz CT molecular complexity index is 468. The van der Waals surface area contributed by atoms with Crippen molar-refractivity contribution in [1.29, 1.82) is 5.26 Å². The Morgan fingerprint density at radius 3 is 2.00 bits per heavy atom. The lowest BCUT2D eigenvalue weighted by Crippen LogP contribution is -2.24. The van der Waals surface area contributed by atoms with Gasteiger partial charge >= 0.3 is 5.91 Å². The summed E-state index contributed by atoms with van der Waals surface area (Å²) in [6.07, 6.45) is 0. The van der Waals surface area contributed by atoms with E-state index in [0.717, 1.165) is 0 Å². The first-order valence-electron chi connectivity index (χ1n) is 5.06. The van der Waals surface area contributed by atoms with Crippen LogP contribution in [-0.2, 0) is 4.79 Å². The summed E-state index contributed by atoms with van der Waals surface area (Å²) in [6.45, 7) is 0. The van der Waals surface area contributed by atoms with E-state index in [4.69, 9.17) is 19.5 Å². The molecule has 0 spiro atoms. The van der Waals surface area contributed by atoms with Gasteiger partial charge in [-0.15, -0.1) is 0 Å². The molecule has 0 aromatic heterocycles. The van der Waals surface area contributed by atoms with Gasteiger partial charge < -0.3 is 19.1 Å². The molecule has 0 heterocycles. The molecule has 96 valence electrons. The van der Waals surface area contributed by atoms with Crippen LogP contribution in [0.15, 0.2) is 12.1 Å². The molecule has 1 amide bonds. The second-order valence-electron chi connectivity index (χ2n) is 3.36. The zero-order valence-electron chi connectivity index (χ0n) is 10.7. The van der Waals surface area contributed by atoms with Crippen molar-refractivity contribution >= 4 is 11.6 Å². The van der Waals surface area contributed by atoms with Gasteiger partial charge in [-0.05, 0) is 0 Å². The van der Waals surface area contributed by atoms with E-state index >= 15 is 0 Å². The predicted molar refractivity (Wildman–Crippen MR) is 65.1 cm³/mol. The van der Waals surface area contributed by atoms with Gasteiger partial charge in [0.15, 0.2) is 17.6 Å². The number of nitrogens with zero attached hydrogens (tertiary/aromatic N) is 2. The predicted octanol–water partition coefficient (Wildman–Crippen LogP) is 1.20. The number of methoxy groups -OCH3 is 3. The molecule has 0 saturated carbocycles. The van der Waals surface area contributed by atoms with E-state index in [1.165, 1.54) is 33.3 Å². The Kier molecular flexibility index (Phi) is 4.38. The second kappa shape index (κ2) is 5.77. The number of hydrogen-bond acceptors (Lipinski definition) is 5. The molecule has 1 rings (SSSR count). The van der Waals surface area contributed by atoms with Gasteiger partial charge in [-0.3, -0.25) is 4.79 Å². The number of rotatable bonds is 4. The lowest BCUT2D eigenvalue weighted by atomic mass is 10.2. The van der Waals surface area contributed by atoms with Crippen LogP contribution in [0.2, 0.25) is 0 Å². The Balaban J connectivity index is 3.32. The van der Waals surface area contributed by atoms with Crippen LogP contribution in [0.1, 0.15) is 0 Å². The Hall–Kier alpha value is -2.42. The molecule has 0 aliphatic heterocycles. The van der Waals surface area contributed by atoms with Gasteiger partial charge in [0.2, 0.25) is 5.75 Å². The summed E-state index contributed by atoms with van der Waals surface area (Å²) in [6, 6.07) is 4.73. The fourth-order valence-electron chi connectivity index (χ4n) is 1.45. The average Bonchev–Trinajstić information content (AvgIpc) is 2.43. The number of carbonyl (C=O) groups is 1. The molecule has 6 heteroatoms. The van der Waals surface area contributed by atoms with Crippen LogP contribution in [-0.4, -0.2) is 34.3 Å². The van der Waals surface area contributed by atoms with E-state index in [-0.39, 0.29) is 0 Å². The summed E-state index contributed by atoms with van der Waals surface area (Å²) in [5.41, 5.74) is 0.482. The van der Waals surface area contributed by atoms with Crippen molar-refractivity contribution in [3.63, 3.8) is 0 Å². The number of hydrogen-bond donors (Lipinski definition) is 0. The largest absolute Gasteiger partial charge is 0.493 e. The zero-order chi connectivity index (χ0) is 13.7. The van der Waals surface area contributed by atoms with Gasteiger partial charge in [0.25, 0.3) is 0 Å². The van der Waals surface area contributed by atoms with Crippen molar-refractivity contribution in [2.75, 3.05) is 33.3 Å². The highest BCUT2D eigenvalue weighted by molar-refractivity contribution is 6.04. The molecule has 6 nitrogen and oxygen atoms in total. The molecule has 0 bridgehead atoms. The van der Waals surface area contributed by atoms with Crippen molar-refractivity contribution in [2.45, 2.75) is 0 Å². The lowest BCUT2D eigenvalue weighted by Gasteiger charge is -2.18. The number of nitriles is 1. The Morgan fingerprint density at radius 2 is 1.67 bits per heavy atom. The summed E-state index contributed by atoms with van der Waals surface area (Å²) in [5, 5.41) is 8.59. The number of ether oxygens (including phenoxy) is 3. The summed E-state index contributed by atoms with van der Waals surface area (Å²) in [4.78, 5) is 12.5. The van der Waals surface area contributed by atoms with Crippen molar-refractivity contribution < 1.29 is 19.0 Å². The summed E-state index contributed by atoms with van der Waals surface area (Å²) >= 11 is 0. The van der Waals surface area contributed by atoms with Crippen LogP contribution < -0.4 is 19.1 Å². The first-order chi connectivity index (χ1) is 8.58. The van der Waals surface area contributed by atoms with Gasteiger partial charge in [-0.25, -0.2) is 0 Å². The fraction of sp³-hybridized carbons (Fsp3) is 0.333. The Labute approximate surface area is 105 Å². The second-order valence-corrected chi connectivity index (χ2v) is 3.36. The molecular formula is C12H14N2O4. The quantitative estimate of drug-likeness (QED) is 0.751. The maximum atomic E-state index is 11.3. The molecule has 0 fully saturated rings. The molecule has 0 unspecified atom stereocenters. The third kappa shape index (κ3) is 2.46. The van der Waals surface area contributed by atoms with Gasteiger partial charge in [0.05, 0.1) is 27.0 Å². The van der Waals surface area contributed by atoms with Crippen LogP contribution in [0.25, 0.3) is 0 Å². The summed E-state index contributed by atoms with van der Waals surface area (Å²) in [7, 11) is 5.94. The molecule has 1 aromatic rings. The van der Waals surface area contributed by atoms with E-state index in [0.29, 0.717) is 22.9 Å². The average molecular weight is 250 g/mol. The topological polar surface area (TPSA) is 71.8 Å². The lowest BCUT2D eigenvalue weighted by molar-refractivity contribution is -0.113. The molecule has 0 aliphatic carbocycles. The minimum Gasteiger partial charge on any atom is -0.493 e. The summed E-state index contributed by atoms with van der Waals surface area (Å²) in [5.74, 6) is 0.597. The van der Waals surface area contributed by atoms with Crippen molar-refractivity contribution in [3.05, 3.63) is 12.1 Å². The van der Waals surface area contributed by atoms with E-state index in [1.807, 2.05) is 0 Å².